The topological polar surface area (TPSA) is 77.5 Å². The van der Waals surface area contributed by atoms with Gasteiger partial charge in [-0.1, -0.05) is 49.4 Å². The fourth-order valence-electron chi connectivity index (χ4n) is 6.03. The second-order valence-corrected chi connectivity index (χ2v) is 11.8. The zero-order valence-electron chi connectivity index (χ0n) is 27.9. The third-order valence-electron chi connectivity index (χ3n) is 8.32. The van der Waals surface area contributed by atoms with Crippen LogP contribution in [0.1, 0.15) is 38.2 Å². The Hall–Kier alpha value is -3.88. The molecule has 1 aromatic carbocycles. The number of nitrogens with zero attached hydrogens (tertiary/aromatic N) is 2. The van der Waals surface area contributed by atoms with Crippen molar-refractivity contribution in [2.75, 3.05) is 55.6 Å². The van der Waals surface area contributed by atoms with Crippen LogP contribution in [0.3, 0.4) is 0 Å². The molecular weight excluding hydrogens is 568 g/mol. The van der Waals surface area contributed by atoms with Crippen LogP contribution in [0.2, 0.25) is 0 Å². The Balaban J connectivity index is 1.55. The van der Waals surface area contributed by atoms with Crippen LogP contribution in [0.5, 0.6) is 11.5 Å². The van der Waals surface area contributed by atoms with Crippen LogP contribution in [0.25, 0.3) is 6.08 Å². The molecule has 4 atom stereocenters. The number of likely N-dealkylation sites (tertiary alicyclic amines) is 1. The molecule has 45 heavy (non-hydrogen) atoms. The number of carbonyl (C=O) groups excluding carboxylic acids is 2. The number of rotatable bonds is 15. The van der Waals surface area contributed by atoms with Gasteiger partial charge in [-0.3, -0.25) is 9.59 Å². The molecule has 2 aliphatic rings. The number of hydrogen-bond donors (Lipinski definition) is 0. The number of allylic oxidation sites excluding steroid dienone is 6. The predicted octanol–water partition coefficient (Wildman–Crippen LogP) is 6.03. The van der Waals surface area contributed by atoms with E-state index in [1.54, 1.807) is 52.7 Å². The summed E-state index contributed by atoms with van der Waals surface area (Å²) in [5, 5.41) is 0. The molecule has 0 N–H and O–H groups in total. The van der Waals surface area contributed by atoms with Crippen molar-refractivity contribution in [3.63, 3.8) is 0 Å². The first-order chi connectivity index (χ1) is 21.7. The van der Waals surface area contributed by atoms with Gasteiger partial charge in [0.2, 0.25) is 5.91 Å². The second-order valence-electron chi connectivity index (χ2n) is 11.8. The Kier molecular flexibility index (Phi) is 14.4. The number of methoxy groups -OCH3 is 4. The maximum Gasteiger partial charge on any atom is 0.246 e. The Morgan fingerprint density at radius 3 is 2.29 bits per heavy atom. The van der Waals surface area contributed by atoms with Crippen molar-refractivity contribution in [2.45, 2.75) is 44.8 Å². The molecule has 0 aromatic heterocycles. The first kappa shape index (κ1) is 35.6. The van der Waals surface area contributed by atoms with Crippen LogP contribution in [-0.4, -0.2) is 89.3 Å². The van der Waals surface area contributed by atoms with E-state index in [-0.39, 0.29) is 29.8 Å². The molecule has 8 heteroatoms. The molecule has 1 amide bonds. The number of likely N-dealkylation sites (N-methyl/N-ethyl adjacent to an activating group) is 1. The Morgan fingerprint density at radius 1 is 0.956 bits per heavy atom. The molecule has 1 heterocycles. The quantitative estimate of drug-likeness (QED) is 0.176. The van der Waals surface area contributed by atoms with E-state index >= 15 is 0 Å². The van der Waals surface area contributed by atoms with E-state index in [1.807, 2.05) is 67.6 Å². The van der Waals surface area contributed by atoms with Gasteiger partial charge in [-0.05, 0) is 69.6 Å². The maximum absolute atomic E-state index is 13.3. The monoisotopic (exact) mass is 618 g/mol. The first-order valence-electron chi connectivity index (χ1n) is 15.6. The van der Waals surface area contributed by atoms with E-state index in [9.17, 15) is 9.59 Å². The Morgan fingerprint density at radius 2 is 1.64 bits per heavy atom. The molecule has 0 saturated carbocycles. The summed E-state index contributed by atoms with van der Waals surface area (Å²) in [6.45, 7) is 3.56. The zero-order valence-corrected chi connectivity index (χ0v) is 27.9. The van der Waals surface area contributed by atoms with E-state index in [4.69, 9.17) is 18.9 Å². The Bertz CT molecular complexity index is 1300. The molecule has 1 aliphatic carbocycles. The van der Waals surface area contributed by atoms with Gasteiger partial charge in [0.05, 0.1) is 33.0 Å². The van der Waals surface area contributed by atoms with Crippen LogP contribution in [-0.2, 0) is 19.1 Å². The average Bonchev–Trinajstić information content (AvgIpc) is 3.03. The minimum Gasteiger partial charge on any atom is -0.496 e. The van der Waals surface area contributed by atoms with Gasteiger partial charge in [-0.25, -0.2) is 0 Å². The molecule has 1 aliphatic heterocycles. The summed E-state index contributed by atoms with van der Waals surface area (Å²) in [6, 6.07) is 5.71. The number of benzene rings is 1. The normalized spacial score (nSPS) is 22.4. The molecular formula is C37H50N2O6. The van der Waals surface area contributed by atoms with Crippen LogP contribution in [0.15, 0.2) is 84.2 Å². The van der Waals surface area contributed by atoms with Gasteiger partial charge in [-0.2, -0.15) is 0 Å². The second kappa shape index (κ2) is 18.2. The highest BCUT2D eigenvalue weighted by atomic mass is 16.5. The molecule has 0 spiro atoms. The van der Waals surface area contributed by atoms with Crippen LogP contribution < -0.4 is 9.47 Å². The fourth-order valence-corrected chi connectivity index (χ4v) is 6.03. The van der Waals surface area contributed by atoms with E-state index in [2.05, 4.69) is 17.9 Å². The van der Waals surface area contributed by atoms with Crippen molar-refractivity contribution in [1.82, 2.24) is 9.80 Å². The van der Waals surface area contributed by atoms with Gasteiger partial charge >= 0.3 is 0 Å². The fraction of sp³-hybridized carbons (Fsp3) is 0.459. The number of ketones is 1. The average molecular weight is 619 g/mol. The zero-order chi connectivity index (χ0) is 32.8. The molecule has 1 aromatic rings. The minimum atomic E-state index is -0.102. The van der Waals surface area contributed by atoms with Crippen molar-refractivity contribution in [3.8, 4) is 11.5 Å². The molecule has 244 valence electrons. The van der Waals surface area contributed by atoms with Crippen LogP contribution in [0.4, 0.5) is 0 Å². The van der Waals surface area contributed by atoms with E-state index in [1.165, 1.54) is 0 Å². The smallest absolute Gasteiger partial charge is 0.246 e. The Labute approximate surface area is 269 Å². The summed E-state index contributed by atoms with van der Waals surface area (Å²) >= 11 is 0. The van der Waals surface area contributed by atoms with Crippen molar-refractivity contribution in [3.05, 3.63) is 89.8 Å². The highest BCUT2D eigenvalue weighted by Crippen LogP contribution is 2.30. The van der Waals surface area contributed by atoms with Crippen LogP contribution in [0, 0.1) is 11.8 Å². The highest BCUT2D eigenvalue weighted by Gasteiger charge is 2.31. The van der Waals surface area contributed by atoms with Crippen LogP contribution >= 0.6 is 0 Å². The van der Waals surface area contributed by atoms with Gasteiger partial charge in [0.15, 0.2) is 5.78 Å². The summed E-state index contributed by atoms with van der Waals surface area (Å²) in [7, 11) is 10.6. The molecule has 4 unspecified atom stereocenters. The summed E-state index contributed by atoms with van der Waals surface area (Å²) in [5.41, 5.74) is 1.78. The maximum atomic E-state index is 13.3. The number of carbonyl (C=O) groups is 2. The third-order valence-corrected chi connectivity index (χ3v) is 8.32. The third kappa shape index (κ3) is 10.3. The minimum absolute atomic E-state index is 0.00330. The van der Waals surface area contributed by atoms with Gasteiger partial charge in [0.25, 0.3) is 0 Å². The van der Waals surface area contributed by atoms with E-state index < -0.39 is 0 Å². The lowest BCUT2D eigenvalue weighted by atomic mass is 9.86. The molecule has 1 fully saturated rings. The lowest BCUT2D eigenvalue weighted by Crippen LogP contribution is -2.49. The summed E-state index contributed by atoms with van der Waals surface area (Å²) in [5.74, 6) is 2.89. The molecule has 0 bridgehead atoms. The van der Waals surface area contributed by atoms with Gasteiger partial charge in [0, 0.05) is 50.2 Å². The summed E-state index contributed by atoms with van der Waals surface area (Å²) < 4.78 is 22.1. The predicted molar refractivity (Wildman–Crippen MR) is 180 cm³/mol. The molecule has 8 nitrogen and oxygen atoms in total. The van der Waals surface area contributed by atoms with Crippen molar-refractivity contribution in [1.29, 1.82) is 0 Å². The standard InChI is InChI=1S/C37H50N2O6/c1-27-19-22-35(44-6)32(37(27)45-7)15-10-11-18-36(41)39-24-23-28(25-29(39)26-38(2)3)20-21-30(40)13-8-9-14-31-33(42-4)16-12-17-34(31)43-5/h8-19,22,27-29,37H,20-21,23-26H2,1-7H3/b13-8+,14-9+,15-10+,18-11+. The number of piperidine rings is 1. The summed E-state index contributed by atoms with van der Waals surface area (Å²) in [4.78, 5) is 30.0. The lowest BCUT2D eigenvalue weighted by molar-refractivity contribution is -0.131. The lowest BCUT2D eigenvalue weighted by Gasteiger charge is -2.40. The molecule has 0 radical (unpaired) electrons. The number of hydrogen-bond acceptors (Lipinski definition) is 7. The molecule has 3 rings (SSSR count). The van der Waals surface area contributed by atoms with Crippen molar-refractivity contribution >= 4 is 17.8 Å². The van der Waals surface area contributed by atoms with E-state index in [0.29, 0.717) is 30.4 Å². The van der Waals surface area contributed by atoms with Gasteiger partial charge in [0.1, 0.15) is 17.3 Å². The number of amides is 1. The van der Waals surface area contributed by atoms with Gasteiger partial charge in [-0.15, -0.1) is 0 Å². The molecule has 1 saturated heterocycles. The first-order valence-corrected chi connectivity index (χ1v) is 15.6. The highest BCUT2D eigenvalue weighted by molar-refractivity contribution is 5.90. The van der Waals surface area contributed by atoms with Crippen molar-refractivity contribution in [2.24, 2.45) is 11.8 Å². The SMILES string of the molecule is COC1=C(/C=C/C=C/C(=O)N2CCC(CCC(=O)/C=C/C=C/c3c(OC)cccc3OC)CC2CN(C)C)C(OC)C(C)C=C1. The summed E-state index contributed by atoms with van der Waals surface area (Å²) in [6.07, 6.45) is 21.3. The van der Waals surface area contributed by atoms with Gasteiger partial charge < -0.3 is 28.7 Å². The number of ether oxygens (including phenoxy) is 4. The van der Waals surface area contributed by atoms with E-state index in [0.717, 1.165) is 42.7 Å². The largest absolute Gasteiger partial charge is 0.496 e. The van der Waals surface area contributed by atoms with Crippen molar-refractivity contribution < 1.29 is 28.5 Å².